The van der Waals surface area contributed by atoms with Crippen molar-refractivity contribution in [3.8, 4) is 0 Å². The molecule has 3 rings (SSSR count). The SMILES string of the molecule is CCCCNC(=O)C(Cc1ccccc1)N(Cc1ccccc1)C(=O)Cc1ccc(Cl)c(Cl)c1. The first-order chi connectivity index (χ1) is 16.5. The van der Waals surface area contributed by atoms with E-state index in [9.17, 15) is 9.59 Å². The molecule has 0 aliphatic carbocycles. The summed E-state index contributed by atoms with van der Waals surface area (Å²) in [5, 5.41) is 3.88. The number of hydrogen-bond donors (Lipinski definition) is 1. The number of hydrogen-bond acceptors (Lipinski definition) is 2. The third kappa shape index (κ3) is 7.61. The normalized spacial score (nSPS) is 11.6. The lowest BCUT2D eigenvalue weighted by Gasteiger charge is -2.31. The maximum absolute atomic E-state index is 13.6. The van der Waals surface area contributed by atoms with Crippen LogP contribution in [0.15, 0.2) is 78.9 Å². The van der Waals surface area contributed by atoms with Crippen LogP contribution in [-0.2, 0) is 29.0 Å². The van der Waals surface area contributed by atoms with Gasteiger partial charge in [0.25, 0.3) is 0 Å². The Bertz CT molecular complexity index is 1070. The summed E-state index contributed by atoms with van der Waals surface area (Å²) < 4.78 is 0. The zero-order valence-electron chi connectivity index (χ0n) is 19.3. The number of benzene rings is 3. The van der Waals surface area contributed by atoms with Gasteiger partial charge in [0.15, 0.2) is 0 Å². The van der Waals surface area contributed by atoms with Crippen molar-refractivity contribution in [3.63, 3.8) is 0 Å². The fourth-order valence-corrected chi connectivity index (χ4v) is 4.09. The Morgan fingerprint density at radius 3 is 2.12 bits per heavy atom. The van der Waals surface area contributed by atoms with Crippen molar-refractivity contribution in [1.82, 2.24) is 10.2 Å². The minimum absolute atomic E-state index is 0.122. The molecule has 4 nitrogen and oxygen atoms in total. The first-order valence-corrected chi connectivity index (χ1v) is 12.3. The lowest BCUT2D eigenvalue weighted by Crippen LogP contribution is -2.51. The Labute approximate surface area is 211 Å². The summed E-state index contributed by atoms with van der Waals surface area (Å²) in [5.74, 6) is -0.287. The van der Waals surface area contributed by atoms with Gasteiger partial charge in [0.1, 0.15) is 6.04 Å². The molecule has 34 heavy (non-hydrogen) atoms. The van der Waals surface area contributed by atoms with Crippen molar-refractivity contribution in [3.05, 3.63) is 106 Å². The molecule has 0 aliphatic heterocycles. The molecule has 0 aromatic heterocycles. The summed E-state index contributed by atoms with van der Waals surface area (Å²) in [6.07, 6.45) is 2.42. The predicted octanol–water partition coefficient (Wildman–Crippen LogP) is 6.09. The first kappa shape index (κ1) is 25.8. The number of unbranched alkanes of at least 4 members (excludes halogenated alkanes) is 1. The van der Waals surface area contributed by atoms with Gasteiger partial charge in [-0.3, -0.25) is 9.59 Å². The van der Waals surface area contributed by atoms with Gasteiger partial charge in [0.2, 0.25) is 11.8 Å². The lowest BCUT2D eigenvalue weighted by molar-refractivity contribution is -0.140. The van der Waals surface area contributed by atoms with Crippen LogP contribution in [0.3, 0.4) is 0 Å². The van der Waals surface area contributed by atoms with Crippen molar-refractivity contribution in [2.24, 2.45) is 0 Å². The maximum atomic E-state index is 13.6. The third-order valence-electron chi connectivity index (χ3n) is 5.64. The number of rotatable bonds is 11. The lowest BCUT2D eigenvalue weighted by atomic mass is 10.0. The number of halogens is 2. The molecule has 1 atom stereocenters. The molecule has 3 aromatic rings. The quantitative estimate of drug-likeness (QED) is 0.326. The Balaban J connectivity index is 1.92. The molecule has 0 saturated heterocycles. The number of carbonyl (C=O) groups is 2. The molecule has 0 bridgehead atoms. The predicted molar refractivity (Wildman–Crippen MR) is 139 cm³/mol. The summed E-state index contributed by atoms with van der Waals surface area (Å²) in [5.41, 5.74) is 2.71. The summed E-state index contributed by atoms with van der Waals surface area (Å²) in [6, 6.07) is 24.1. The van der Waals surface area contributed by atoms with Gasteiger partial charge in [0.05, 0.1) is 16.5 Å². The van der Waals surface area contributed by atoms with E-state index in [4.69, 9.17) is 23.2 Å². The van der Waals surface area contributed by atoms with Gasteiger partial charge >= 0.3 is 0 Å². The second kappa shape index (κ2) is 13.2. The van der Waals surface area contributed by atoms with E-state index in [0.29, 0.717) is 29.6 Å². The van der Waals surface area contributed by atoms with E-state index < -0.39 is 6.04 Å². The average Bonchev–Trinajstić information content (AvgIpc) is 2.85. The smallest absolute Gasteiger partial charge is 0.243 e. The van der Waals surface area contributed by atoms with E-state index >= 15 is 0 Å². The van der Waals surface area contributed by atoms with Crippen LogP contribution in [0.1, 0.15) is 36.5 Å². The molecule has 0 heterocycles. The van der Waals surface area contributed by atoms with Crippen LogP contribution in [0.2, 0.25) is 10.0 Å². The van der Waals surface area contributed by atoms with Crippen molar-refractivity contribution in [2.75, 3.05) is 6.54 Å². The van der Waals surface area contributed by atoms with E-state index in [-0.39, 0.29) is 18.2 Å². The molecule has 2 amide bonds. The van der Waals surface area contributed by atoms with Gasteiger partial charge in [-0.1, -0.05) is 103 Å². The van der Waals surface area contributed by atoms with Crippen molar-refractivity contribution in [2.45, 2.75) is 45.2 Å². The van der Waals surface area contributed by atoms with Gasteiger partial charge in [-0.2, -0.15) is 0 Å². The van der Waals surface area contributed by atoms with Crippen LogP contribution < -0.4 is 5.32 Å². The molecule has 178 valence electrons. The minimum Gasteiger partial charge on any atom is -0.354 e. The highest BCUT2D eigenvalue weighted by atomic mass is 35.5. The van der Waals surface area contributed by atoms with E-state index in [0.717, 1.165) is 29.5 Å². The Morgan fingerprint density at radius 2 is 1.50 bits per heavy atom. The van der Waals surface area contributed by atoms with Crippen LogP contribution in [0.4, 0.5) is 0 Å². The van der Waals surface area contributed by atoms with Crippen LogP contribution in [0.5, 0.6) is 0 Å². The van der Waals surface area contributed by atoms with Gasteiger partial charge < -0.3 is 10.2 Å². The Hall–Kier alpha value is -2.82. The molecule has 1 N–H and O–H groups in total. The molecule has 1 unspecified atom stereocenters. The van der Waals surface area contributed by atoms with Gasteiger partial charge in [-0.15, -0.1) is 0 Å². The van der Waals surface area contributed by atoms with E-state index in [2.05, 4.69) is 12.2 Å². The first-order valence-electron chi connectivity index (χ1n) is 11.6. The molecule has 0 aliphatic rings. The zero-order chi connectivity index (χ0) is 24.3. The topological polar surface area (TPSA) is 49.4 Å². The summed E-state index contributed by atoms with van der Waals surface area (Å²) in [6.45, 7) is 3.00. The van der Waals surface area contributed by atoms with E-state index in [1.54, 1.807) is 23.1 Å². The highest BCUT2D eigenvalue weighted by molar-refractivity contribution is 6.42. The molecule has 0 radical (unpaired) electrons. The van der Waals surface area contributed by atoms with Gasteiger partial charge in [0, 0.05) is 19.5 Å². The average molecular weight is 497 g/mol. The highest BCUT2D eigenvalue weighted by Gasteiger charge is 2.30. The van der Waals surface area contributed by atoms with Crippen LogP contribution in [0, 0.1) is 0 Å². The highest BCUT2D eigenvalue weighted by Crippen LogP contribution is 2.24. The van der Waals surface area contributed by atoms with E-state index in [1.165, 1.54) is 0 Å². The fraction of sp³-hybridized carbons (Fsp3) is 0.286. The van der Waals surface area contributed by atoms with E-state index in [1.807, 2.05) is 60.7 Å². The second-order valence-electron chi connectivity index (χ2n) is 8.28. The van der Waals surface area contributed by atoms with Crippen molar-refractivity contribution in [1.29, 1.82) is 0 Å². The molecule has 6 heteroatoms. The zero-order valence-corrected chi connectivity index (χ0v) is 20.9. The molecule has 0 saturated carbocycles. The number of carbonyl (C=O) groups excluding carboxylic acids is 2. The molecular weight excluding hydrogens is 467 g/mol. The number of nitrogens with one attached hydrogen (secondary N) is 1. The largest absolute Gasteiger partial charge is 0.354 e. The standard InChI is InChI=1S/C28H30Cl2N2O2/c1-2-3-16-31-28(34)26(18-21-10-6-4-7-11-21)32(20-22-12-8-5-9-13-22)27(33)19-23-14-15-24(29)25(30)17-23/h4-15,17,26H,2-3,16,18-20H2,1H3,(H,31,34). The van der Waals surface area contributed by atoms with Crippen LogP contribution in [0.25, 0.3) is 0 Å². The Morgan fingerprint density at radius 1 is 0.853 bits per heavy atom. The van der Waals surface area contributed by atoms with Crippen molar-refractivity contribution >= 4 is 35.0 Å². The van der Waals surface area contributed by atoms with Gasteiger partial charge in [-0.05, 0) is 35.2 Å². The van der Waals surface area contributed by atoms with Gasteiger partial charge in [-0.25, -0.2) is 0 Å². The third-order valence-corrected chi connectivity index (χ3v) is 6.37. The van der Waals surface area contributed by atoms with Crippen molar-refractivity contribution < 1.29 is 9.59 Å². The fourth-order valence-electron chi connectivity index (χ4n) is 3.77. The van der Waals surface area contributed by atoms with Crippen LogP contribution >= 0.6 is 23.2 Å². The maximum Gasteiger partial charge on any atom is 0.243 e. The van der Waals surface area contributed by atoms with Crippen LogP contribution in [-0.4, -0.2) is 29.3 Å². The summed E-state index contributed by atoms with van der Waals surface area (Å²) in [4.78, 5) is 28.7. The molecular formula is C28H30Cl2N2O2. The number of nitrogens with zero attached hydrogens (tertiary/aromatic N) is 1. The Kier molecular flexibility index (Phi) is 9.99. The summed E-state index contributed by atoms with van der Waals surface area (Å²) >= 11 is 12.2. The molecule has 0 spiro atoms. The monoisotopic (exact) mass is 496 g/mol. The second-order valence-corrected chi connectivity index (χ2v) is 9.10. The molecule has 0 fully saturated rings. The summed E-state index contributed by atoms with van der Waals surface area (Å²) in [7, 11) is 0. The minimum atomic E-state index is -0.644. The molecule has 3 aromatic carbocycles. The number of amides is 2.